The molecule has 0 fully saturated rings. The molecule has 0 radical (unpaired) electrons. The molecule has 15 aromatic rings. The first-order valence-corrected chi connectivity index (χ1v) is 24.4. The Balaban J connectivity index is 1.06. The highest BCUT2D eigenvalue weighted by Gasteiger charge is 2.25. The molecule has 0 atom stereocenters. The van der Waals surface area contributed by atoms with Crippen LogP contribution in [0.4, 0.5) is 0 Å². The third-order valence-electron chi connectivity index (χ3n) is 14.1. The number of hydrogen-bond acceptors (Lipinski definition) is 4. The van der Waals surface area contributed by atoms with Crippen LogP contribution in [-0.4, -0.2) is 28.7 Å². The molecule has 0 aliphatic rings. The molecule has 5 heterocycles. The van der Waals surface area contributed by atoms with Crippen LogP contribution in [0.1, 0.15) is 0 Å². The summed E-state index contributed by atoms with van der Waals surface area (Å²) in [7, 11) is 0. The van der Waals surface area contributed by atoms with Crippen LogP contribution in [0.5, 0.6) is 0 Å². The molecule has 0 aliphatic heterocycles. The minimum absolute atomic E-state index is 0.555. The van der Waals surface area contributed by atoms with E-state index in [-0.39, 0.29) is 0 Å². The largest absolute Gasteiger partial charge is 0.309 e. The van der Waals surface area contributed by atoms with E-state index >= 15 is 0 Å². The van der Waals surface area contributed by atoms with Crippen LogP contribution in [0.2, 0.25) is 0 Å². The number of fused-ring (bicyclic) bond motifs is 13. The second-order valence-electron chi connectivity index (χ2n) is 18.0. The Morgan fingerprint density at radius 3 is 1.51 bits per heavy atom. The number of rotatable bonds is 6. The molecular formula is C63H38N6S. The normalized spacial score (nSPS) is 12.0. The zero-order chi connectivity index (χ0) is 45.9. The summed E-state index contributed by atoms with van der Waals surface area (Å²) in [5.74, 6) is 1.79. The van der Waals surface area contributed by atoms with Gasteiger partial charge >= 0.3 is 0 Å². The molecule has 0 aliphatic carbocycles. The molecule has 10 aromatic carbocycles. The van der Waals surface area contributed by atoms with Crippen molar-refractivity contribution in [3.63, 3.8) is 0 Å². The summed E-state index contributed by atoms with van der Waals surface area (Å²) < 4.78 is 9.61. The van der Waals surface area contributed by atoms with E-state index in [0.717, 1.165) is 77.2 Å². The third-order valence-corrected chi connectivity index (χ3v) is 15.2. The van der Waals surface area contributed by atoms with E-state index in [4.69, 9.17) is 15.0 Å². The summed E-state index contributed by atoms with van der Waals surface area (Å²) in [5, 5.41) is 9.48. The Kier molecular flexibility index (Phi) is 8.43. The van der Waals surface area contributed by atoms with Gasteiger partial charge in [0.05, 0.1) is 33.1 Å². The smallest absolute Gasteiger partial charge is 0.238 e. The molecule has 6 nitrogen and oxygen atoms in total. The SMILES string of the molecule is c1ccc(-c2cccc(-n3c4ccc(-n5c6ccccc6c6ccccc65)cc4c4ccc5c6ccccc6n(-c6nc(-c7ccccc7)nc(-c7ccc8c(c7)sc7ccccc78)n6)c5c43)c2)cc1. The van der Waals surface area contributed by atoms with Gasteiger partial charge in [-0.1, -0.05) is 170 Å². The van der Waals surface area contributed by atoms with Crippen LogP contribution in [0.3, 0.4) is 0 Å². The van der Waals surface area contributed by atoms with E-state index in [1.165, 1.54) is 42.0 Å². The van der Waals surface area contributed by atoms with Gasteiger partial charge in [-0.2, -0.15) is 9.97 Å². The molecule has 0 saturated heterocycles. The predicted molar refractivity (Wildman–Crippen MR) is 292 cm³/mol. The number of thiophene rings is 1. The van der Waals surface area contributed by atoms with E-state index in [2.05, 4.69) is 226 Å². The van der Waals surface area contributed by atoms with Crippen molar-refractivity contribution in [1.82, 2.24) is 28.7 Å². The Bertz CT molecular complexity index is 4540. The van der Waals surface area contributed by atoms with Crippen molar-refractivity contribution in [2.45, 2.75) is 0 Å². The number of nitrogens with zero attached hydrogens (tertiary/aromatic N) is 6. The maximum Gasteiger partial charge on any atom is 0.238 e. The van der Waals surface area contributed by atoms with Crippen molar-refractivity contribution in [2.24, 2.45) is 0 Å². The number of para-hydroxylation sites is 3. The second kappa shape index (κ2) is 15.2. The lowest BCUT2D eigenvalue weighted by atomic mass is 10.1. The minimum atomic E-state index is 0.555. The van der Waals surface area contributed by atoms with Gasteiger partial charge in [-0.05, 0) is 71.8 Å². The lowest BCUT2D eigenvalue weighted by Gasteiger charge is -2.14. The van der Waals surface area contributed by atoms with E-state index in [0.29, 0.717) is 17.6 Å². The molecule has 326 valence electrons. The zero-order valence-corrected chi connectivity index (χ0v) is 38.3. The lowest BCUT2D eigenvalue weighted by Crippen LogP contribution is -2.07. The van der Waals surface area contributed by atoms with Gasteiger partial charge in [-0.25, -0.2) is 4.98 Å². The third kappa shape index (κ3) is 5.82. The van der Waals surface area contributed by atoms with Gasteiger partial charge in [0.1, 0.15) is 0 Å². The van der Waals surface area contributed by atoms with Crippen molar-refractivity contribution < 1.29 is 0 Å². The van der Waals surface area contributed by atoms with Gasteiger partial charge in [-0.3, -0.25) is 4.57 Å². The first-order chi connectivity index (χ1) is 34.7. The maximum absolute atomic E-state index is 5.49. The Hall–Kier alpha value is -9.17. The van der Waals surface area contributed by atoms with Crippen molar-refractivity contribution in [3.05, 3.63) is 231 Å². The second-order valence-corrected chi connectivity index (χ2v) is 19.1. The number of hydrogen-bond donors (Lipinski definition) is 0. The van der Waals surface area contributed by atoms with Crippen molar-refractivity contribution in [1.29, 1.82) is 0 Å². The van der Waals surface area contributed by atoms with Gasteiger partial charge in [0.15, 0.2) is 11.6 Å². The van der Waals surface area contributed by atoms with Crippen LogP contribution < -0.4 is 0 Å². The van der Waals surface area contributed by atoms with Gasteiger partial charge in [0.2, 0.25) is 5.95 Å². The fourth-order valence-corrected chi connectivity index (χ4v) is 12.1. The molecule has 0 saturated carbocycles. The first kappa shape index (κ1) is 38.9. The molecule has 5 aromatic heterocycles. The van der Waals surface area contributed by atoms with Gasteiger partial charge in [0.25, 0.3) is 0 Å². The fraction of sp³-hybridized carbons (Fsp3) is 0. The summed E-state index contributed by atoms with van der Waals surface area (Å²) in [6.07, 6.45) is 0. The number of aromatic nitrogens is 6. The quantitative estimate of drug-likeness (QED) is 0.167. The molecule has 7 heteroatoms. The fourth-order valence-electron chi connectivity index (χ4n) is 11.0. The highest BCUT2D eigenvalue weighted by molar-refractivity contribution is 7.25. The van der Waals surface area contributed by atoms with Crippen LogP contribution in [0.25, 0.3) is 137 Å². The summed E-state index contributed by atoms with van der Waals surface area (Å²) >= 11 is 1.80. The standard InChI is InChI=1S/C63H38N6S/c1-3-16-39(17-4-1)41-20-15-21-43(36-41)68-56-35-31-44(67-53-26-11-7-22-45(53)46-23-8-12-27-54(46)67)38-52(56)51-34-33-50-47-24-9-13-28-55(47)69(60(50)59(51)68)63-65-61(40-18-5-2-6-19-40)64-62(66-63)42-30-32-49-48-25-10-14-29-57(48)70-58(49)37-42/h1-38H. The average Bonchev–Trinajstić information content (AvgIpc) is 4.17. The Morgan fingerprint density at radius 1 is 0.271 bits per heavy atom. The molecule has 15 rings (SSSR count). The Labute approximate surface area is 405 Å². The van der Waals surface area contributed by atoms with Crippen molar-refractivity contribution in [3.8, 4) is 51.2 Å². The topological polar surface area (TPSA) is 53.5 Å². The van der Waals surface area contributed by atoms with E-state index in [9.17, 15) is 0 Å². The summed E-state index contributed by atoms with van der Waals surface area (Å²) in [4.78, 5) is 16.2. The van der Waals surface area contributed by atoms with Gasteiger partial charge in [-0.15, -0.1) is 11.3 Å². The minimum Gasteiger partial charge on any atom is -0.309 e. The van der Waals surface area contributed by atoms with E-state index in [1.807, 2.05) is 18.2 Å². The summed E-state index contributed by atoms with van der Waals surface area (Å²) in [6.45, 7) is 0. The van der Waals surface area contributed by atoms with Crippen LogP contribution >= 0.6 is 11.3 Å². The van der Waals surface area contributed by atoms with Crippen molar-refractivity contribution >= 4 is 96.9 Å². The van der Waals surface area contributed by atoms with Crippen LogP contribution in [-0.2, 0) is 0 Å². The number of benzene rings is 10. The zero-order valence-electron chi connectivity index (χ0n) is 37.5. The predicted octanol–water partition coefficient (Wildman–Crippen LogP) is 16.5. The van der Waals surface area contributed by atoms with E-state index < -0.39 is 0 Å². The lowest BCUT2D eigenvalue weighted by molar-refractivity contribution is 0.953. The molecule has 0 N–H and O–H groups in total. The Morgan fingerprint density at radius 2 is 0.786 bits per heavy atom. The van der Waals surface area contributed by atoms with Crippen LogP contribution in [0.15, 0.2) is 231 Å². The first-order valence-electron chi connectivity index (χ1n) is 23.6. The van der Waals surface area contributed by atoms with Gasteiger partial charge in [0, 0.05) is 75.0 Å². The molecule has 0 amide bonds. The van der Waals surface area contributed by atoms with E-state index in [1.54, 1.807) is 11.3 Å². The summed E-state index contributed by atoms with van der Waals surface area (Å²) in [6, 6.07) is 82.8. The molecule has 0 spiro atoms. The monoisotopic (exact) mass is 910 g/mol. The molecule has 0 bridgehead atoms. The molecular weight excluding hydrogens is 873 g/mol. The van der Waals surface area contributed by atoms with Crippen LogP contribution in [0, 0.1) is 0 Å². The molecule has 0 unspecified atom stereocenters. The van der Waals surface area contributed by atoms with Crippen molar-refractivity contribution in [2.75, 3.05) is 0 Å². The van der Waals surface area contributed by atoms with Gasteiger partial charge < -0.3 is 9.13 Å². The highest BCUT2D eigenvalue weighted by atomic mass is 32.1. The molecule has 70 heavy (non-hydrogen) atoms. The maximum atomic E-state index is 5.49. The summed E-state index contributed by atoms with van der Waals surface area (Å²) in [5.41, 5.74) is 12.9. The average molecular weight is 911 g/mol. The highest BCUT2D eigenvalue weighted by Crippen LogP contribution is 2.44.